The Morgan fingerprint density at radius 3 is 2.65 bits per heavy atom. The molecule has 0 aliphatic carbocycles. The lowest BCUT2D eigenvalue weighted by molar-refractivity contribution is 0.273. The van der Waals surface area contributed by atoms with E-state index in [2.05, 4.69) is 25.4 Å². The Morgan fingerprint density at radius 2 is 1.97 bits per heavy atom. The van der Waals surface area contributed by atoms with Gasteiger partial charge in [0.2, 0.25) is 0 Å². The standard InChI is InChI=1S/C23H23FN8O2/c1-14-11-16(13-18(12-14)34-10-7-24)19(29-17-5-3-15(4-6-17)20(25)26)21-30-23(33)32(31-21)22-27-8-2-9-28-22/h2-6,8-9,11-13,19,29H,7,10H2,1H3,(H3,25,26)(H,30,31,33). The van der Waals surface area contributed by atoms with Crippen LogP contribution in [0.5, 0.6) is 5.75 Å². The van der Waals surface area contributed by atoms with Crippen LogP contribution in [0, 0.1) is 12.3 Å². The highest BCUT2D eigenvalue weighted by molar-refractivity contribution is 5.95. The summed E-state index contributed by atoms with van der Waals surface area (Å²) in [5.74, 6) is 0.910. The lowest BCUT2D eigenvalue weighted by Crippen LogP contribution is -2.18. The molecule has 0 saturated heterocycles. The molecular weight excluding hydrogens is 439 g/mol. The van der Waals surface area contributed by atoms with Gasteiger partial charge in [0.15, 0.2) is 5.82 Å². The van der Waals surface area contributed by atoms with Crippen LogP contribution >= 0.6 is 0 Å². The number of aromatic nitrogens is 5. The number of nitrogen functional groups attached to an aromatic ring is 1. The first-order valence-corrected chi connectivity index (χ1v) is 10.4. The van der Waals surface area contributed by atoms with E-state index < -0.39 is 18.4 Å². The third kappa shape index (κ3) is 5.09. The lowest BCUT2D eigenvalue weighted by Gasteiger charge is -2.20. The molecule has 2 aromatic heterocycles. The van der Waals surface area contributed by atoms with Gasteiger partial charge in [0.05, 0.1) is 0 Å². The number of halogens is 1. The Balaban J connectivity index is 1.77. The number of amidine groups is 1. The third-order valence-corrected chi connectivity index (χ3v) is 4.91. The molecule has 1 unspecified atom stereocenters. The topological polar surface area (TPSA) is 148 Å². The largest absolute Gasteiger partial charge is 0.491 e. The van der Waals surface area contributed by atoms with Crippen LogP contribution in [-0.2, 0) is 0 Å². The summed E-state index contributed by atoms with van der Waals surface area (Å²) in [5, 5.41) is 15.4. The van der Waals surface area contributed by atoms with Crippen molar-refractivity contribution in [1.29, 1.82) is 5.41 Å². The van der Waals surface area contributed by atoms with Gasteiger partial charge >= 0.3 is 5.69 Å². The van der Waals surface area contributed by atoms with E-state index in [1.54, 1.807) is 42.5 Å². The Hall–Kier alpha value is -4.54. The predicted molar refractivity (Wildman–Crippen MR) is 125 cm³/mol. The number of aryl methyl sites for hydroxylation is 1. The van der Waals surface area contributed by atoms with Gasteiger partial charge in [-0.1, -0.05) is 6.07 Å². The van der Waals surface area contributed by atoms with E-state index in [1.807, 2.05) is 13.0 Å². The number of ether oxygens (including phenoxy) is 1. The van der Waals surface area contributed by atoms with Gasteiger partial charge in [-0.05, 0) is 60.5 Å². The first kappa shape index (κ1) is 22.6. The van der Waals surface area contributed by atoms with E-state index in [1.165, 1.54) is 12.4 Å². The van der Waals surface area contributed by atoms with Crippen molar-refractivity contribution in [2.75, 3.05) is 18.6 Å². The fourth-order valence-corrected chi connectivity index (χ4v) is 3.41. The van der Waals surface area contributed by atoms with Gasteiger partial charge in [-0.25, -0.2) is 19.2 Å². The number of aromatic amines is 1. The van der Waals surface area contributed by atoms with Crippen molar-refractivity contribution in [1.82, 2.24) is 24.7 Å². The molecule has 5 N–H and O–H groups in total. The highest BCUT2D eigenvalue weighted by Gasteiger charge is 2.22. The van der Waals surface area contributed by atoms with Gasteiger partial charge in [-0.3, -0.25) is 10.4 Å². The highest BCUT2D eigenvalue weighted by Crippen LogP contribution is 2.28. The molecule has 0 bridgehead atoms. The Bertz CT molecular complexity index is 1340. The number of hydrogen-bond donors (Lipinski definition) is 4. The van der Waals surface area contributed by atoms with Crippen LogP contribution in [0.3, 0.4) is 0 Å². The predicted octanol–water partition coefficient (Wildman–Crippen LogP) is 2.49. The average Bonchev–Trinajstić information content (AvgIpc) is 3.22. The molecule has 0 aliphatic heterocycles. The van der Waals surface area contributed by atoms with Gasteiger partial charge < -0.3 is 15.8 Å². The fourth-order valence-electron chi connectivity index (χ4n) is 3.41. The summed E-state index contributed by atoms with van der Waals surface area (Å²) in [6, 6.07) is 13.5. The van der Waals surface area contributed by atoms with E-state index in [9.17, 15) is 9.18 Å². The number of alkyl halides is 1. The van der Waals surface area contributed by atoms with Crippen molar-refractivity contribution in [2.45, 2.75) is 13.0 Å². The molecule has 4 rings (SSSR count). The van der Waals surface area contributed by atoms with Crippen LogP contribution in [0.1, 0.15) is 28.6 Å². The summed E-state index contributed by atoms with van der Waals surface area (Å²) in [4.78, 5) is 23.6. The van der Waals surface area contributed by atoms with Crippen LogP contribution in [0.25, 0.3) is 5.95 Å². The quantitative estimate of drug-likeness (QED) is 0.221. The van der Waals surface area contributed by atoms with Crippen LogP contribution in [0.2, 0.25) is 0 Å². The molecule has 0 spiro atoms. The summed E-state index contributed by atoms with van der Waals surface area (Å²) in [7, 11) is 0. The Kier molecular flexibility index (Phi) is 6.62. The molecule has 10 nitrogen and oxygen atoms in total. The maximum absolute atomic E-state index is 12.7. The molecule has 0 aliphatic rings. The number of nitrogens with one attached hydrogen (secondary N) is 3. The average molecular weight is 462 g/mol. The molecule has 0 saturated carbocycles. The van der Waals surface area contributed by atoms with Crippen LogP contribution in [0.4, 0.5) is 10.1 Å². The fraction of sp³-hybridized carbons (Fsp3) is 0.174. The summed E-state index contributed by atoms with van der Waals surface area (Å²) in [6.45, 7) is 1.22. The van der Waals surface area contributed by atoms with Gasteiger partial charge in [-0.2, -0.15) is 0 Å². The van der Waals surface area contributed by atoms with E-state index in [0.29, 0.717) is 22.8 Å². The van der Waals surface area contributed by atoms with Gasteiger partial charge in [0.1, 0.15) is 30.9 Å². The van der Waals surface area contributed by atoms with Crippen molar-refractivity contribution in [3.05, 3.63) is 93.9 Å². The minimum Gasteiger partial charge on any atom is -0.491 e. The molecule has 0 radical (unpaired) electrons. The van der Waals surface area contributed by atoms with E-state index in [-0.39, 0.29) is 18.4 Å². The molecule has 0 fully saturated rings. The Morgan fingerprint density at radius 1 is 1.24 bits per heavy atom. The van der Waals surface area contributed by atoms with Crippen LogP contribution in [0.15, 0.2) is 65.7 Å². The minimum atomic E-state index is -0.609. The van der Waals surface area contributed by atoms with Crippen molar-refractivity contribution in [3.63, 3.8) is 0 Å². The number of nitrogens with zero attached hydrogens (tertiary/aromatic N) is 4. The zero-order valence-corrected chi connectivity index (χ0v) is 18.3. The lowest BCUT2D eigenvalue weighted by atomic mass is 10.0. The second-order valence-electron chi connectivity index (χ2n) is 7.46. The minimum absolute atomic E-state index is 0.0395. The smallest absolute Gasteiger partial charge is 0.350 e. The molecular formula is C23H23FN8O2. The zero-order chi connectivity index (χ0) is 24.1. The maximum Gasteiger partial charge on any atom is 0.350 e. The first-order valence-electron chi connectivity index (χ1n) is 10.4. The van der Waals surface area contributed by atoms with Crippen molar-refractivity contribution in [3.8, 4) is 11.7 Å². The van der Waals surface area contributed by atoms with E-state index in [0.717, 1.165) is 15.8 Å². The SMILES string of the molecule is Cc1cc(OCCF)cc(C(Nc2ccc(C(=N)N)cc2)c2nn(-c3ncccn3)c(=O)[nH]2)c1. The number of nitrogens with two attached hydrogens (primary N) is 1. The zero-order valence-electron chi connectivity index (χ0n) is 18.3. The van der Waals surface area contributed by atoms with Crippen LogP contribution < -0.4 is 21.5 Å². The second-order valence-corrected chi connectivity index (χ2v) is 7.46. The summed E-state index contributed by atoms with van der Waals surface area (Å²) < 4.78 is 19.2. The third-order valence-electron chi connectivity index (χ3n) is 4.91. The molecule has 4 aromatic rings. The van der Waals surface area contributed by atoms with Crippen molar-refractivity contribution >= 4 is 11.5 Å². The Labute approximate surface area is 194 Å². The molecule has 2 aromatic carbocycles. The molecule has 2 heterocycles. The second kappa shape index (κ2) is 9.94. The summed E-state index contributed by atoms with van der Waals surface area (Å²) in [6.07, 6.45) is 3.04. The monoisotopic (exact) mass is 462 g/mol. The highest BCUT2D eigenvalue weighted by atomic mass is 19.1. The molecule has 11 heteroatoms. The van der Waals surface area contributed by atoms with Gasteiger partial charge in [-0.15, -0.1) is 9.78 Å². The van der Waals surface area contributed by atoms with E-state index >= 15 is 0 Å². The summed E-state index contributed by atoms with van der Waals surface area (Å²) >= 11 is 0. The van der Waals surface area contributed by atoms with Gasteiger partial charge in [0.25, 0.3) is 5.95 Å². The van der Waals surface area contributed by atoms with Crippen LogP contribution in [-0.4, -0.2) is 43.8 Å². The maximum atomic E-state index is 12.7. The number of rotatable bonds is 9. The number of benzene rings is 2. The number of H-pyrrole nitrogens is 1. The molecule has 34 heavy (non-hydrogen) atoms. The van der Waals surface area contributed by atoms with E-state index in [4.69, 9.17) is 15.9 Å². The van der Waals surface area contributed by atoms with Crippen molar-refractivity contribution < 1.29 is 9.13 Å². The first-order chi connectivity index (χ1) is 16.4. The van der Waals surface area contributed by atoms with Crippen molar-refractivity contribution in [2.24, 2.45) is 5.73 Å². The van der Waals surface area contributed by atoms with Gasteiger partial charge in [0, 0.05) is 23.6 Å². The number of anilines is 1. The molecule has 0 amide bonds. The summed E-state index contributed by atoms with van der Waals surface area (Å²) in [5.41, 5.74) is 7.96. The molecule has 1 atom stereocenters. The molecule has 174 valence electrons. The normalized spacial score (nSPS) is 11.7. The number of hydrogen-bond acceptors (Lipinski definition) is 7.